The first kappa shape index (κ1) is 23.6. The summed E-state index contributed by atoms with van der Waals surface area (Å²) in [5.41, 5.74) is 13.1. The summed E-state index contributed by atoms with van der Waals surface area (Å²) in [5, 5.41) is 19.7. The second kappa shape index (κ2) is 8.83. The van der Waals surface area contributed by atoms with E-state index in [1.807, 2.05) is 12.1 Å². The second-order valence-electron chi connectivity index (χ2n) is 8.10. The van der Waals surface area contributed by atoms with Crippen LogP contribution in [0.4, 0.5) is 0 Å². The molecule has 10 heteroatoms. The SMILES string of the molecule is N#CC1=C(N)OC2=C(C(=O)C3=C(C2=O)C(c2ccc(Br)cc2)C(C#N)=C(N)O3)C1c1ccc(Br)cc1. The van der Waals surface area contributed by atoms with Gasteiger partial charge < -0.3 is 20.9 Å². The average molecular weight is 606 g/mol. The lowest BCUT2D eigenvalue weighted by molar-refractivity contribution is -0.121. The van der Waals surface area contributed by atoms with Crippen molar-refractivity contribution in [3.8, 4) is 12.1 Å². The van der Waals surface area contributed by atoms with E-state index in [0.717, 1.165) is 8.95 Å². The number of nitrogens with zero attached hydrogens (tertiary/aromatic N) is 2. The summed E-state index contributed by atoms with van der Waals surface area (Å²) in [6, 6.07) is 17.8. The first-order valence-corrected chi connectivity index (χ1v) is 12.1. The summed E-state index contributed by atoms with van der Waals surface area (Å²) in [6.07, 6.45) is 0. The minimum Gasteiger partial charge on any atom is -0.436 e. The van der Waals surface area contributed by atoms with E-state index in [0.29, 0.717) is 11.1 Å². The average Bonchev–Trinajstić information content (AvgIpc) is 2.87. The monoisotopic (exact) mass is 604 g/mol. The normalized spacial score (nSPS) is 21.3. The Bertz CT molecular complexity index is 1450. The molecule has 0 saturated heterocycles. The zero-order valence-electron chi connectivity index (χ0n) is 18.2. The molecule has 0 spiro atoms. The standard InChI is InChI=1S/C26H14Br2N4O4/c27-13-5-1-11(2-6-13)17-15(9-29)25(31)35-23-19(17)21(33)24-20(22(23)34)18(16(10-30)26(32)36-24)12-3-7-14(28)8-4-12/h1-8,17-18H,31-32H2. The number of carbonyl (C=O) groups excluding carboxylic acids is 2. The second-order valence-corrected chi connectivity index (χ2v) is 9.93. The van der Waals surface area contributed by atoms with Crippen LogP contribution >= 0.6 is 31.9 Å². The van der Waals surface area contributed by atoms with Crippen molar-refractivity contribution >= 4 is 43.4 Å². The van der Waals surface area contributed by atoms with Crippen LogP contribution in [-0.4, -0.2) is 11.6 Å². The fourth-order valence-corrected chi connectivity index (χ4v) is 5.07. The highest BCUT2D eigenvalue weighted by molar-refractivity contribution is 9.10. The Morgan fingerprint density at radius 2 is 1.00 bits per heavy atom. The molecule has 176 valence electrons. The Morgan fingerprint density at radius 3 is 1.31 bits per heavy atom. The van der Waals surface area contributed by atoms with Gasteiger partial charge in [0.1, 0.15) is 23.3 Å². The number of carbonyl (C=O) groups is 2. The van der Waals surface area contributed by atoms with Crippen molar-refractivity contribution in [3.63, 3.8) is 0 Å². The van der Waals surface area contributed by atoms with Gasteiger partial charge in [0.25, 0.3) is 0 Å². The molecule has 4 N–H and O–H groups in total. The highest BCUT2D eigenvalue weighted by Gasteiger charge is 2.50. The smallest absolute Gasteiger partial charge is 0.229 e. The van der Waals surface area contributed by atoms with E-state index >= 15 is 0 Å². The predicted octanol–water partition coefficient (Wildman–Crippen LogP) is 4.19. The van der Waals surface area contributed by atoms with Crippen LogP contribution in [0.15, 0.2) is 103 Å². The molecule has 2 atom stereocenters. The minimum atomic E-state index is -0.963. The maximum Gasteiger partial charge on any atom is 0.229 e. The van der Waals surface area contributed by atoms with Crippen molar-refractivity contribution in [2.75, 3.05) is 0 Å². The largest absolute Gasteiger partial charge is 0.436 e. The van der Waals surface area contributed by atoms with Crippen LogP contribution in [0.2, 0.25) is 0 Å². The summed E-state index contributed by atoms with van der Waals surface area (Å²) >= 11 is 6.73. The van der Waals surface area contributed by atoms with Gasteiger partial charge in [-0.15, -0.1) is 0 Å². The first-order chi connectivity index (χ1) is 17.3. The van der Waals surface area contributed by atoms with E-state index in [-0.39, 0.29) is 45.6 Å². The van der Waals surface area contributed by atoms with Gasteiger partial charge in [0.2, 0.25) is 23.3 Å². The molecule has 1 aliphatic carbocycles. The van der Waals surface area contributed by atoms with Crippen LogP contribution in [0.25, 0.3) is 0 Å². The van der Waals surface area contributed by atoms with Gasteiger partial charge in [0.05, 0.1) is 23.0 Å². The lowest BCUT2D eigenvalue weighted by Crippen LogP contribution is -2.38. The molecule has 2 aliphatic heterocycles. The van der Waals surface area contributed by atoms with E-state index in [4.69, 9.17) is 20.9 Å². The number of benzene rings is 2. The molecule has 2 aromatic rings. The highest BCUT2D eigenvalue weighted by Crippen LogP contribution is 2.49. The molecule has 0 amide bonds. The van der Waals surface area contributed by atoms with E-state index in [9.17, 15) is 20.1 Å². The molecule has 0 radical (unpaired) electrons. The van der Waals surface area contributed by atoms with E-state index < -0.39 is 23.4 Å². The Hall–Kier alpha value is -4.12. The van der Waals surface area contributed by atoms with Gasteiger partial charge in [-0.25, -0.2) is 0 Å². The molecule has 2 unspecified atom stereocenters. The molecule has 36 heavy (non-hydrogen) atoms. The number of ether oxygens (including phenoxy) is 2. The summed E-state index contributed by atoms with van der Waals surface area (Å²) in [6.45, 7) is 0. The highest BCUT2D eigenvalue weighted by atomic mass is 79.9. The maximum atomic E-state index is 13.9. The summed E-state index contributed by atoms with van der Waals surface area (Å²) in [5.74, 6) is -4.42. The summed E-state index contributed by atoms with van der Waals surface area (Å²) < 4.78 is 12.8. The molecular weight excluding hydrogens is 592 g/mol. The number of ketones is 2. The van der Waals surface area contributed by atoms with Crippen molar-refractivity contribution in [2.24, 2.45) is 11.5 Å². The van der Waals surface area contributed by atoms with Gasteiger partial charge >= 0.3 is 0 Å². The third-order valence-electron chi connectivity index (χ3n) is 6.15. The molecule has 5 rings (SSSR count). The Morgan fingerprint density at radius 1 is 0.667 bits per heavy atom. The Kier molecular flexibility index (Phi) is 5.79. The van der Waals surface area contributed by atoms with Crippen LogP contribution < -0.4 is 11.5 Å². The van der Waals surface area contributed by atoms with Gasteiger partial charge in [-0.2, -0.15) is 10.5 Å². The van der Waals surface area contributed by atoms with Gasteiger partial charge in [0.15, 0.2) is 11.5 Å². The van der Waals surface area contributed by atoms with Crippen LogP contribution in [-0.2, 0) is 19.1 Å². The minimum absolute atomic E-state index is 0.0113. The van der Waals surface area contributed by atoms with Crippen molar-refractivity contribution < 1.29 is 19.1 Å². The number of rotatable bonds is 2. The number of halogens is 2. The van der Waals surface area contributed by atoms with Crippen LogP contribution in [0.5, 0.6) is 0 Å². The zero-order chi connectivity index (χ0) is 25.7. The Balaban J connectivity index is 1.71. The van der Waals surface area contributed by atoms with E-state index in [2.05, 4.69) is 31.9 Å². The van der Waals surface area contributed by atoms with Crippen LogP contribution in [0, 0.1) is 22.7 Å². The molecule has 3 aliphatic rings. The summed E-state index contributed by atoms with van der Waals surface area (Å²) in [7, 11) is 0. The lowest BCUT2D eigenvalue weighted by atomic mass is 9.72. The topological polar surface area (TPSA) is 152 Å². The maximum absolute atomic E-state index is 13.9. The van der Waals surface area contributed by atoms with Gasteiger partial charge in [-0.05, 0) is 35.4 Å². The fourth-order valence-electron chi connectivity index (χ4n) is 4.54. The summed E-state index contributed by atoms with van der Waals surface area (Å²) in [4.78, 5) is 27.8. The van der Waals surface area contributed by atoms with Crippen molar-refractivity contribution in [2.45, 2.75) is 11.8 Å². The van der Waals surface area contributed by atoms with Crippen molar-refractivity contribution in [1.29, 1.82) is 10.5 Å². The van der Waals surface area contributed by atoms with Gasteiger partial charge in [-0.1, -0.05) is 56.1 Å². The fraction of sp³-hybridized carbons (Fsp3) is 0.0769. The first-order valence-electron chi connectivity index (χ1n) is 10.5. The number of allylic oxidation sites excluding steroid dienone is 4. The van der Waals surface area contributed by atoms with Crippen molar-refractivity contribution in [3.05, 3.63) is 114 Å². The molecule has 2 aromatic carbocycles. The molecule has 8 nitrogen and oxygen atoms in total. The number of nitrogens with two attached hydrogens (primary N) is 2. The third-order valence-corrected chi connectivity index (χ3v) is 7.21. The van der Waals surface area contributed by atoms with Crippen LogP contribution in [0.1, 0.15) is 23.0 Å². The number of hydrogen-bond acceptors (Lipinski definition) is 8. The molecule has 0 saturated carbocycles. The predicted molar refractivity (Wildman–Crippen MR) is 134 cm³/mol. The molecule has 0 fully saturated rings. The molecular formula is C26H14Br2N4O4. The number of Topliss-reactive ketones (excluding diaryl/α,β-unsaturated/α-hetero) is 2. The van der Waals surface area contributed by atoms with Gasteiger partial charge in [0, 0.05) is 8.95 Å². The molecule has 2 heterocycles. The lowest BCUT2D eigenvalue weighted by Gasteiger charge is -2.35. The molecule has 0 bridgehead atoms. The third kappa shape index (κ3) is 3.54. The van der Waals surface area contributed by atoms with E-state index in [1.165, 1.54) is 0 Å². The van der Waals surface area contributed by atoms with Crippen molar-refractivity contribution in [1.82, 2.24) is 0 Å². The number of hydrogen-bond donors (Lipinski definition) is 2. The van der Waals surface area contributed by atoms with E-state index in [1.54, 1.807) is 48.5 Å². The van der Waals surface area contributed by atoms with Gasteiger partial charge in [-0.3, -0.25) is 9.59 Å². The quantitative estimate of drug-likeness (QED) is 0.483. The number of nitriles is 2. The van der Waals surface area contributed by atoms with Crippen LogP contribution in [0.3, 0.4) is 0 Å². The Labute approximate surface area is 222 Å². The molecule has 0 aromatic heterocycles. The zero-order valence-corrected chi connectivity index (χ0v) is 21.4.